The third-order valence-corrected chi connectivity index (χ3v) is 2.61. The monoisotopic (exact) mass is 262 g/mol. The average Bonchev–Trinajstić information content (AvgIpc) is 2.22. The van der Waals surface area contributed by atoms with Gasteiger partial charge in [0.1, 0.15) is 0 Å². The van der Waals surface area contributed by atoms with E-state index in [9.17, 15) is 19.8 Å². The molecule has 0 heterocycles. The standard InChI is InChI=1S/C12H22O6/c1-3-9(2)8-12(16,17)18-11(15)7-5-4-6-10(13)14/h9,16-17H,3-8H2,1-2H3,(H,13,14). The Hall–Kier alpha value is -1.14. The number of aliphatic carboxylic acids is 1. The molecule has 0 aromatic heterocycles. The number of hydrogen-bond acceptors (Lipinski definition) is 5. The molecule has 1 atom stereocenters. The minimum Gasteiger partial charge on any atom is -0.481 e. The Bertz CT molecular complexity index is 274. The summed E-state index contributed by atoms with van der Waals surface area (Å²) in [6.07, 6.45) is 1.40. The maximum atomic E-state index is 11.3. The molecule has 0 rings (SSSR count). The Morgan fingerprint density at radius 1 is 1.22 bits per heavy atom. The lowest BCUT2D eigenvalue weighted by atomic mass is 10.0. The number of carbonyl (C=O) groups is 2. The van der Waals surface area contributed by atoms with Crippen LogP contribution in [0, 0.1) is 5.92 Å². The van der Waals surface area contributed by atoms with Gasteiger partial charge in [-0.2, -0.15) is 0 Å². The maximum Gasteiger partial charge on any atom is 0.324 e. The topological polar surface area (TPSA) is 104 Å². The molecule has 0 amide bonds. The van der Waals surface area contributed by atoms with Crippen molar-refractivity contribution in [2.24, 2.45) is 5.92 Å². The minimum absolute atomic E-state index is 0.0104. The van der Waals surface area contributed by atoms with Gasteiger partial charge in [0.15, 0.2) is 0 Å². The molecule has 6 nitrogen and oxygen atoms in total. The molecule has 0 bridgehead atoms. The molecule has 0 aliphatic carbocycles. The van der Waals surface area contributed by atoms with E-state index >= 15 is 0 Å². The largest absolute Gasteiger partial charge is 0.481 e. The van der Waals surface area contributed by atoms with Crippen molar-refractivity contribution in [1.29, 1.82) is 0 Å². The molecule has 106 valence electrons. The fourth-order valence-corrected chi connectivity index (χ4v) is 1.42. The molecule has 3 N–H and O–H groups in total. The van der Waals surface area contributed by atoms with E-state index in [1.54, 1.807) is 0 Å². The van der Waals surface area contributed by atoms with E-state index in [0.717, 1.165) is 6.42 Å². The number of unbranched alkanes of at least 4 members (excludes halogenated alkanes) is 1. The Morgan fingerprint density at radius 3 is 2.28 bits per heavy atom. The fraction of sp³-hybridized carbons (Fsp3) is 0.833. The average molecular weight is 262 g/mol. The van der Waals surface area contributed by atoms with E-state index in [4.69, 9.17) is 5.11 Å². The van der Waals surface area contributed by atoms with Gasteiger partial charge in [-0.05, 0) is 18.8 Å². The van der Waals surface area contributed by atoms with Gasteiger partial charge in [0.2, 0.25) is 0 Å². The highest BCUT2D eigenvalue weighted by Crippen LogP contribution is 2.19. The SMILES string of the molecule is CCC(C)CC(O)(O)OC(=O)CCCCC(=O)O. The summed E-state index contributed by atoms with van der Waals surface area (Å²) in [7, 11) is 0. The van der Waals surface area contributed by atoms with Crippen LogP contribution >= 0.6 is 0 Å². The lowest BCUT2D eigenvalue weighted by molar-refractivity contribution is -0.326. The Morgan fingerprint density at radius 2 is 1.78 bits per heavy atom. The lowest BCUT2D eigenvalue weighted by Gasteiger charge is -2.24. The first-order chi connectivity index (χ1) is 8.26. The number of hydrogen-bond donors (Lipinski definition) is 3. The molecule has 0 aromatic rings. The van der Waals surface area contributed by atoms with E-state index in [1.165, 1.54) is 0 Å². The van der Waals surface area contributed by atoms with Crippen molar-refractivity contribution in [2.45, 2.75) is 58.3 Å². The summed E-state index contributed by atoms with van der Waals surface area (Å²) in [6.45, 7) is 3.72. The summed E-state index contributed by atoms with van der Waals surface area (Å²) in [4.78, 5) is 21.5. The second-order valence-electron chi connectivity index (χ2n) is 4.54. The zero-order valence-electron chi connectivity index (χ0n) is 10.9. The summed E-state index contributed by atoms with van der Waals surface area (Å²) >= 11 is 0. The first-order valence-electron chi connectivity index (χ1n) is 6.15. The van der Waals surface area contributed by atoms with Crippen LogP contribution in [0.15, 0.2) is 0 Å². The Balaban J connectivity index is 3.88. The summed E-state index contributed by atoms with van der Waals surface area (Å²) < 4.78 is 4.54. The zero-order valence-corrected chi connectivity index (χ0v) is 10.9. The van der Waals surface area contributed by atoms with Crippen LogP contribution in [0.3, 0.4) is 0 Å². The molecule has 0 aromatic carbocycles. The molecule has 0 aliphatic rings. The molecule has 0 saturated heterocycles. The predicted molar refractivity (Wildman–Crippen MR) is 63.4 cm³/mol. The smallest absolute Gasteiger partial charge is 0.324 e. The molecule has 0 spiro atoms. The van der Waals surface area contributed by atoms with Crippen LogP contribution in [0.5, 0.6) is 0 Å². The van der Waals surface area contributed by atoms with Gasteiger partial charge in [0, 0.05) is 19.3 Å². The van der Waals surface area contributed by atoms with Gasteiger partial charge in [-0.15, -0.1) is 0 Å². The molecule has 0 radical (unpaired) electrons. The predicted octanol–water partition coefficient (Wildman–Crippen LogP) is 1.25. The summed E-state index contributed by atoms with van der Waals surface area (Å²) in [5, 5.41) is 27.3. The van der Waals surface area contributed by atoms with Crippen LogP contribution in [0.25, 0.3) is 0 Å². The van der Waals surface area contributed by atoms with E-state index in [0.29, 0.717) is 12.8 Å². The third-order valence-electron chi connectivity index (χ3n) is 2.61. The molecule has 0 saturated carbocycles. The van der Waals surface area contributed by atoms with Gasteiger partial charge in [0.25, 0.3) is 0 Å². The third kappa shape index (κ3) is 8.95. The zero-order chi connectivity index (χ0) is 14.2. The van der Waals surface area contributed by atoms with E-state index < -0.39 is 17.9 Å². The molecule has 6 heteroatoms. The van der Waals surface area contributed by atoms with Crippen molar-refractivity contribution in [3.63, 3.8) is 0 Å². The van der Waals surface area contributed by atoms with Gasteiger partial charge >= 0.3 is 17.9 Å². The number of carboxylic acid groups (broad SMARTS) is 1. The van der Waals surface area contributed by atoms with Gasteiger partial charge in [0.05, 0.1) is 0 Å². The van der Waals surface area contributed by atoms with Crippen molar-refractivity contribution >= 4 is 11.9 Å². The number of esters is 1. The summed E-state index contributed by atoms with van der Waals surface area (Å²) in [6, 6.07) is 0. The van der Waals surface area contributed by atoms with Crippen molar-refractivity contribution in [1.82, 2.24) is 0 Å². The number of carboxylic acids is 1. The van der Waals surface area contributed by atoms with E-state index in [-0.39, 0.29) is 25.2 Å². The molecule has 0 fully saturated rings. The van der Waals surface area contributed by atoms with Crippen molar-refractivity contribution in [3.05, 3.63) is 0 Å². The van der Waals surface area contributed by atoms with Gasteiger partial charge in [-0.3, -0.25) is 9.59 Å². The Kier molecular flexibility index (Phi) is 7.54. The molecular formula is C12H22O6. The number of carbonyl (C=O) groups excluding carboxylic acids is 1. The lowest BCUT2D eigenvalue weighted by Crippen LogP contribution is -2.36. The van der Waals surface area contributed by atoms with Gasteiger partial charge < -0.3 is 20.1 Å². The maximum absolute atomic E-state index is 11.3. The van der Waals surface area contributed by atoms with Crippen LogP contribution in [-0.2, 0) is 14.3 Å². The van der Waals surface area contributed by atoms with Crippen LogP contribution in [-0.4, -0.2) is 33.2 Å². The molecular weight excluding hydrogens is 240 g/mol. The van der Waals surface area contributed by atoms with Crippen LogP contribution < -0.4 is 0 Å². The number of aliphatic hydroxyl groups is 2. The van der Waals surface area contributed by atoms with Gasteiger partial charge in [-0.1, -0.05) is 20.3 Å². The summed E-state index contributed by atoms with van der Waals surface area (Å²) in [5.74, 6) is -4.05. The second-order valence-corrected chi connectivity index (χ2v) is 4.54. The molecule has 1 unspecified atom stereocenters. The van der Waals surface area contributed by atoms with Crippen LogP contribution in [0.4, 0.5) is 0 Å². The normalized spacial score (nSPS) is 13.1. The van der Waals surface area contributed by atoms with Gasteiger partial charge in [-0.25, -0.2) is 0 Å². The van der Waals surface area contributed by atoms with E-state index in [1.807, 2.05) is 13.8 Å². The van der Waals surface area contributed by atoms with E-state index in [2.05, 4.69) is 4.74 Å². The molecule has 18 heavy (non-hydrogen) atoms. The van der Waals surface area contributed by atoms with Crippen molar-refractivity contribution < 1.29 is 29.6 Å². The minimum atomic E-state index is -2.43. The first-order valence-corrected chi connectivity index (χ1v) is 6.15. The highest BCUT2D eigenvalue weighted by Gasteiger charge is 2.29. The van der Waals surface area contributed by atoms with Crippen molar-refractivity contribution in [2.75, 3.05) is 0 Å². The highest BCUT2D eigenvalue weighted by atomic mass is 16.8. The summed E-state index contributed by atoms with van der Waals surface area (Å²) in [5.41, 5.74) is 0. The van der Waals surface area contributed by atoms with Crippen molar-refractivity contribution in [3.8, 4) is 0 Å². The first kappa shape index (κ1) is 16.9. The van der Waals surface area contributed by atoms with Crippen LogP contribution in [0.1, 0.15) is 52.4 Å². The molecule has 0 aliphatic heterocycles. The number of ether oxygens (including phenoxy) is 1. The second kappa shape index (κ2) is 8.05. The Labute approximate surface area is 107 Å². The fourth-order valence-electron chi connectivity index (χ4n) is 1.42. The van der Waals surface area contributed by atoms with Crippen LogP contribution in [0.2, 0.25) is 0 Å². The quantitative estimate of drug-likeness (QED) is 0.328. The highest BCUT2D eigenvalue weighted by molar-refractivity contribution is 5.70. The number of rotatable bonds is 9.